The molecular formula is C16H29NOS2. The average molecular weight is 316 g/mol. The van der Waals surface area contributed by atoms with E-state index in [0.29, 0.717) is 0 Å². The van der Waals surface area contributed by atoms with E-state index in [1.165, 1.54) is 38.5 Å². The molecule has 2 nitrogen and oxygen atoms in total. The monoisotopic (exact) mass is 315 g/mol. The maximum absolute atomic E-state index is 11.7. The van der Waals surface area contributed by atoms with Gasteiger partial charge in [0.2, 0.25) is 0 Å². The van der Waals surface area contributed by atoms with E-state index in [-0.39, 0.29) is 0 Å². The lowest BCUT2D eigenvalue weighted by Gasteiger charge is -2.03. The second-order valence-electron chi connectivity index (χ2n) is 5.08. The minimum absolute atomic E-state index is 0.636. The average Bonchev–Trinajstić information content (AvgIpc) is 2.45. The molecule has 0 rings (SSSR count). The molecular weight excluding hydrogens is 286 g/mol. The standard InChI is InChI=1S/C16H29NOS2/c1-2-3-4-5-6-7-8-9-11-14-20(18)15-12-10-13-17-16-19/h2H,1,3-15H2. The molecule has 20 heavy (non-hydrogen) atoms. The zero-order valence-electron chi connectivity index (χ0n) is 12.6. The van der Waals surface area contributed by atoms with Crippen molar-refractivity contribution >= 4 is 28.2 Å². The summed E-state index contributed by atoms with van der Waals surface area (Å²) in [4.78, 5) is 3.85. The van der Waals surface area contributed by atoms with E-state index < -0.39 is 10.8 Å². The van der Waals surface area contributed by atoms with E-state index in [1.807, 2.05) is 6.08 Å². The van der Waals surface area contributed by atoms with Crippen molar-refractivity contribution in [1.29, 1.82) is 0 Å². The summed E-state index contributed by atoms with van der Waals surface area (Å²) in [6.07, 6.45) is 14.0. The van der Waals surface area contributed by atoms with Gasteiger partial charge in [0.25, 0.3) is 0 Å². The number of isothiocyanates is 1. The Labute approximate surface area is 132 Å². The molecule has 0 saturated carbocycles. The van der Waals surface area contributed by atoms with Crippen LogP contribution in [0, 0.1) is 0 Å². The number of nitrogens with zero attached hydrogens (tertiary/aromatic N) is 1. The number of hydrogen-bond donors (Lipinski definition) is 0. The molecule has 116 valence electrons. The summed E-state index contributed by atoms with van der Waals surface area (Å²) in [5.41, 5.74) is 0. The molecule has 0 bridgehead atoms. The van der Waals surface area contributed by atoms with E-state index >= 15 is 0 Å². The number of rotatable bonds is 15. The molecule has 0 fully saturated rings. The van der Waals surface area contributed by atoms with Crippen LogP contribution in [0.15, 0.2) is 17.6 Å². The smallest absolute Gasteiger partial charge is 0.0584 e. The summed E-state index contributed by atoms with van der Waals surface area (Å²) in [6, 6.07) is 0. The molecule has 0 amide bonds. The van der Waals surface area contributed by atoms with Crippen molar-refractivity contribution in [2.45, 2.75) is 64.2 Å². The van der Waals surface area contributed by atoms with Gasteiger partial charge in [-0.25, -0.2) is 4.99 Å². The first kappa shape index (κ1) is 19.7. The van der Waals surface area contributed by atoms with Gasteiger partial charge >= 0.3 is 0 Å². The zero-order chi connectivity index (χ0) is 14.9. The van der Waals surface area contributed by atoms with Crippen LogP contribution in [-0.4, -0.2) is 27.4 Å². The van der Waals surface area contributed by atoms with Crippen LogP contribution in [0.25, 0.3) is 0 Å². The van der Waals surface area contributed by atoms with Gasteiger partial charge in [0.1, 0.15) is 0 Å². The van der Waals surface area contributed by atoms with Gasteiger partial charge in [-0.1, -0.05) is 38.2 Å². The van der Waals surface area contributed by atoms with Crippen molar-refractivity contribution in [3.05, 3.63) is 12.7 Å². The SMILES string of the molecule is C=CCCCCCCCCCS(=O)CCCCN=C=S. The summed E-state index contributed by atoms with van der Waals surface area (Å²) < 4.78 is 11.7. The first-order valence-corrected chi connectivity index (χ1v) is 9.70. The van der Waals surface area contributed by atoms with Crippen LogP contribution >= 0.6 is 12.2 Å². The summed E-state index contributed by atoms with van der Waals surface area (Å²) in [5.74, 6) is 1.68. The lowest BCUT2D eigenvalue weighted by molar-refractivity contribution is 0.591. The van der Waals surface area contributed by atoms with Crippen LogP contribution in [0.5, 0.6) is 0 Å². The van der Waals surface area contributed by atoms with Crippen molar-refractivity contribution in [1.82, 2.24) is 0 Å². The number of aliphatic imine (C=N–C) groups is 1. The Morgan fingerprint density at radius 1 is 0.950 bits per heavy atom. The normalized spacial score (nSPS) is 11.8. The minimum Gasteiger partial charge on any atom is -0.260 e. The quantitative estimate of drug-likeness (QED) is 0.186. The highest BCUT2D eigenvalue weighted by atomic mass is 32.2. The molecule has 0 N–H and O–H groups in total. The molecule has 0 aromatic heterocycles. The molecule has 0 saturated heterocycles. The van der Waals surface area contributed by atoms with Crippen LogP contribution in [0.3, 0.4) is 0 Å². The molecule has 0 radical (unpaired) electrons. The predicted molar refractivity (Wildman–Crippen MR) is 94.1 cm³/mol. The molecule has 0 spiro atoms. The Morgan fingerprint density at radius 2 is 1.50 bits per heavy atom. The van der Waals surface area contributed by atoms with Gasteiger partial charge < -0.3 is 0 Å². The molecule has 0 heterocycles. The van der Waals surface area contributed by atoms with Crippen molar-refractivity contribution in [2.75, 3.05) is 18.1 Å². The van der Waals surface area contributed by atoms with Gasteiger partial charge in [-0.3, -0.25) is 4.21 Å². The number of allylic oxidation sites excluding steroid dienone is 1. The third-order valence-electron chi connectivity index (χ3n) is 3.24. The lowest BCUT2D eigenvalue weighted by Crippen LogP contribution is -2.03. The van der Waals surface area contributed by atoms with Crippen molar-refractivity contribution in [3.63, 3.8) is 0 Å². The van der Waals surface area contributed by atoms with E-state index in [9.17, 15) is 4.21 Å². The molecule has 0 aromatic rings. The van der Waals surface area contributed by atoms with Crippen molar-refractivity contribution in [2.24, 2.45) is 4.99 Å². The zero-order valence-corrected chi connectivity index (χ0v) is 14.3. The van der Waals surface area contributed by atoms with Crippen LogP contribution in [0.2, 0.25) is 0 Å². The Hall–Kier alpha value is -0.310. The largest absolute Gasteiger partial charge is 0.260 e. The first-order valence-electron chi connectivity index (χ1n) is 7.80. The maximum Gasteiger partial charge on any atom is 0.0584 e. The fourth-order valence-corrected chi connectivity index (χ4v) is 3.38. The highest BCUT2D eigenvalue weighted by Gasteiger charge is 1.99. The second-order valence-corrected chi connectivity index (χ2v) is 6.96. The van der Waals surface area contributed by atoms with E-state index in [0.717, 1.165) is 43.7 Å². The number of unbranched alkanes of at least 4 members (excludes halogenated alkanes) is 8. The fourth-order valence-electron chi connectivity index (χ4n) is 2.04. The van der Waals surface area contributed by atoms with Gasteiger partial charge in [-0.2, -0.15) is 0 Å². The van der Waals surface area contributed by atoms with Gasteiger partial charge in [0, 0.05) is 28.9 Å². The van der Waals surface area contributed by atoms with Crippen LogP contribution in [0.1, 0.15) is 64.2 Å². The van der Waals surface area contributed by atoms with Crippen molar-refractivity contribution < 1.29 is 4.21 Å². The summed E-state index contributed by atoms with van der Waals surface area (Å²) in [5, 5.41) is 2.35. The molecule has 1 atom stereocenters. The fraction of sp³-hybridized carbons (Fsp3) is 0.812. The Morgan fingerprint density at radius 3 is 2.10 bits per heavy atom. The molecule has 0 aliphatic rings. The molecule has 4 heteroatoms. The predicted octanol–water partition coefficient (Wildman–Crippen LogP) is 4.92. The Kier molecular flexibility index (Phi) is 16.5. The summed E-state index contributed by atoms with van der Waals surface area (Å²) in [6.45, 7) is 4.46. The first-order chi connectivity index (χ1) is 9.81. The van der Waals surface area contributed by atoms with E-state index in [1.54, 1.807) is 0 Å². The van der Waals surface area contributed by atoms with Crippen molar-refractivity contribution in [3.8, 4) is 0 Å². The molecule has 0 aliphatic carbocycles. The highest BCUT2D eigenvalue weighted by Crippen LogP contribution is 2.09. The molecule has 0 aliphatic heterocycles. The Balaban J connectivity index is 3.18. The molecule has 0 aromatic carbocycles. The third kappa shape index (κ3) is 15.7. The summed E-state index contributed by atoms with van der Waals surface area (Å²) >= 11 is 4.49. The van der Waals surface area contributed by atoms with Gasteiger partial charge in [-0.15, -0.1) is 6.58 Å². The lowest BCUT2D eigenvalue weighted by atomic mass is 10.1. The second kappa shape index (κ2) is 16.7. The Bertz CT molecular complexity index is 299. The van der Waals surface area contributed by atoms with Crippen LogP contribution in [0.4, 0.5) is 0 Å². The highest BCUT2D eigenvalue weighted by molar-refractivity contribution is 7.84. The van der Waals surface area contributed by atoms with E-state index in [2.05, 4.69) is 29.0 Å². The maximum atomic E-state index is 11.7. The van der Waals surface area contributed by atoms with Gasteiger partial charge in [0.05, 0.1) is 5.16 Å². The van der Waals surface area contributed by atoms with E-state index in [4.69, 9.17) is 0 Å². The van der Waals surface area contributed by atoms with Crippen LogP contribution in [-0.2, 0) is 10.8 Å². The minimum atomic E-state index is -0.636. The van der Waals surface area contributed by atoms with Gasteiger partial charge in [-0.05, 0) is 44.3 Å². The van der Waals surface area contributed by atoms with Gasteiger partial charge in [0.15, 0.2) is 0 Å². The number of thiocarbonyl (C=S) groups is 1. The van der Waals surface area contributed by atoms with Crippen LogP contribution < -0.4 is 0 Å². The molecule has 1 unspecified atom stereocenters. The number of hydrogen-bond acceptors (Lipinski definition) is 3. The summed E-state index contributed by atoms with van der Waals surface area (Å²) in [7, 11) is -0.636. The third-order valence-corrected chi connectivity index (χ3v) is 4.85. The topological polar surface area (TPSA) is 29.4 Å².